The number of ether oxygens (including phenoxy) is 4. The van der Waals surface area contributed by atoms with Crippen LogP contribution in [0.5, 0.6) is 0 Å². The lowest BCUT2D eigenvalue weighted by Crippen LogP contribution is -2.27. The third-order valence-corrected chi connectivity index (χ3v) is 5.33. The molecule has 0 aliphatic carbocycles. The lowest BCUT2D eigenvalue weighted by atomic mass is 10.2. The van der Waals surface area contributed by atoms with Crippen LogP contribution in [0.4, 0.5) is 16.3 Å². The third-order valence-electron chi connectivity index (χ3n) is 4.64. The summed E-state index contributed by atoms with van der Waals surface area (Å²) in [5.74, 6) is 0.633. The molecule has 192 valence electrons. The van der Waals surface area contributed by atoms with Crippen LogP contribution in [0.3, 0.4) is 0 Å². The minimum Gasteiger partial charge on any atom is -0.447 e. The van der Waals surface area contributed by atoms with Gasteiger partial charge in [-0.15, -0.1) is 11.8 Å². The summed E-state index contributed by atoms with van der Waals surface area (Å²) in [6, 6.07) is 9.32. The average molecular weight is 507 g/mol. The second-order valence-electron chi connectivity index (χ2n) is 7.22. The molecule has 35 heavy (non-hydrogen) atoms. The lowest BCUT2D eigenvalue weighted by Gasteiger charge is -2.10. The van der Waals surface area contributed by atoms with Crippen molar-refractivity contribution in [2.45, 2.75) is 11.8 Å². The number of aryl methyl sites for hydroxylation is 1. The van der Waals surface area contributed by atoms with Crippen molar-refractivity contribution in [3.05, 3.63) is 47.7 Å². The summed E-state index contributed by atoms with van der Waals surface area (Å²) in [6.45, 7) is 4.98. The summed E-state index contributed by atoms with van der Waals surface area (Å²) in [5, 5.41) is 8.46. The molecule has 3 N–H and O–H groups in total. The topological polar surface area (TPSA) is 120 Å². The average Bonchev–Trinajstić information content (AvgIpc) is 2.88. The van der Waals surface area contributed by atoms with Gasteiger partial charge in [0.25, 0.3) is 5.91 Å². The Labute approximate surface area is 210 Å². The van der Waals surface area contributed by atoms with Crippen LogP contribution in [-0.4, -0.2) is 83.1 Å². The van der Waals surface area contributed by atoms with Crippen molar-refractivity contribution in [3.63, 3.8) is 0 Å². The van der Waals surface area contributed by atoms with Gasteiger partial charge in [-0.05, 0) is 49.1 Å². The number of carbonyl (C=O) groups is 2. The molecule has 0 aliphatic rings. The van der Waals surface area contributed by atoms with E-state index in [1.54, 1.807) is 23.9 Å². The monoisotopic (exact) mass is 506 g/mol. The van der Waals surface area contributed by atoms with E-state index in [9.17, 15) is 9.59 Å². The molecule has 1 aromatic carbocycles. The number of hydrogen-bond acceptors (Lipinski definition) is 9. The van der Waals surface area contributed by atoms with Gasteiger partial charge in [0, 0.05) is 35.9 Å². The molecule has 0 spiro atoms. The molecule has 2 rings (SSSR count). The van der Waals surface area contributed by atoms with Gasteiger partial charge in [0.2, 0.25) is 0 Å². The number of carbonyl (C=O) groups excluding carboxylic acids is 2. The maximum atomic E-state index is 12.3. The number of pyridine rings is 1. The van der Waals surface area contributed by atoms with E-state index in [4.69, 9.17) is 18.9 Å². The molecule has 2 aromatic rings. The summed E-state index contributed by atoms with van der Waals surface area (Å²) in [4.78, 5) is 28.7. The highest BCUT2D eigenvalue weighted by Gasteiger charge is 2.06. The quantitative estimate of drug-likeness (QED) is 0.233. The smallest absolute Gasteiger partial charge is 0.406 e. The zero-order chi connectivity index (χ0) is 25.3. The molecule has 0 bridgehead atoms. The number of alkyl carbamates (subject to hydrolysis) is 1. The first-order chi connectivity index (χ1) is 17.0. The Morgan fingerprint density at radius 2 is 1.57 bits per heavy atom. The fourth-order valence-electron chi connectivity index (χ4n) is 2.78. The van der Waals surface area contributed by atoms with E-state index in [1.165, 1.54) is 7.05 Å². The highest BCUT2D eigenvalue weighted by molar-refractivity contribution is 7.98. The zero-order valence-electron chi connectivity index (χ0n) is 20.4. The molecule has 2 amide bonds. The first kappa shape index (κ1) is 28.4. The predicted molar refractivity (Wildman–Crippen MR) is 136 cm³/mol. The van der Waals surface area contributed by atoms with Gasteiger partial charge in [0.1, 0.15) is 12.4 Å². The van der Waals surface area contributed by atoms with Crippen LogP contribution in [0.25, 0.3) is 0 Å². The maximum Gasteiger partial charge on any atom is 0.406 e. The predicted octanol–water partition coefficient (Wildman–Crippen LogP) is 2.99. The van der Waals surface area contributed by atoms with Gasteiger partial charge in [0.15, 0.2) is 0 Å². The molecule has 0 saturated heterocycles. The van der Waals surface area contributed by atoms with Gasteiger partial charge in [0.05, 0.1) is 39.6 Å². The van der Waals surface area contributed by atoms with Crippen LogP contribution in [0, 0.1) is 6.92 Å². The number of amides is 2. The fraction of sp³-hybridized carbons (Fsp3) is 0.458. The van der Waals surface area contributed by atoms with Gasteiger partial charge < -0.3 is 34.9 Å². The molecule has 0 fully saturated rings. The van der Waals surface area contributed by atoms with E-state index in [-0.39, 0.29) is 12.5 Å². The van der Waals surface area contributed by atoms with E-state index in [0.29, 0.717) is 51.7 Å². The van der Waals surface area contributed by atoms with Crippen molar-refractivity contribution < 1.29 is 28.5 Å². The molecule has 11 heteroatoms. The highest BCUT2D eigenvalue weighted by Crippen LogP contribution is 2.22. The van der Waals surface area contributed by atoms with Crippen molar-refractivity contribution >= 4 is 35.3 Å². The molecular weight excluding hydrogens is 472 g/mol. The summed E-state index contributed by atoms with van der Waals surface area (Å²) in [5.41, 5.74) is 2.49. The normalized spacial score (nSPS) is 10.6. The van der Waals surface area contributed by atoms with Crippen LogP contribution in [0.1, 0.15) is 15.9 Å². The van der Waals surface area contributed by atoms with Crippen molar-refractivity contribution in [1.82, 2.24) is 15.6 Å². The Morgan fingerprint density at radius 3 is 2.17 bits per heavy atom. The molecule has 1 heterocycles. The Morgan fingerprint density at radius 1 is 0.943 bits per heavy atom. The molecule has 0 atom stereocenters. The largest absolute Gasteiger partial charge is 0.447 e. The Balaban J connectivity index is 1.52. The second kappa shape index (κ2) is 16.7. The Hall–Kier alpha value is -2.86. The van der Waals surface area contributed by atoms with Crippen LogP contribution in [-0.2, 0) is 18.9 Å². The van der Waals surface area contributed by atoms with E-state index in [1.807, 2.05) is 31.5 Å². The summed E-state index contributed by atoms with van der Waals surface area (Å²) in [7, 11) is 1.50. The number of thioether (sulfide) groups is 1. The van der Waals surface area contributed by atoms with Crippen molar-refractivity contribution in [3.8, 4) is 0 Å². The van der Waals surface area contributed by atoms with E-state index < -0.39 is 6.09 Å². The van der Waals surface area contributed by atoms with Crippen LogP contribution < -0.4 is 16.0 Å². The number of hydrogen-bond donors (Lipinski definition) is 3. The van der Waals surface area contributed by atoms with Gasteiger partial charge in [-0.3, -0.25) is 4.79 Å². The maximum absolute atomic E-state index is 12.3. The summed E-state index contributed by atoms with van der Waals surface area (Å²) in [6.07, 6.45) is 3.37. The Bertz CT molecular complexity index is 913. The number of nitrogens with zero attached hydrogens (tertiary/aromatic N) is 1. The molecule has 0 radical (unpaired) electrons. The third kappa shape index (κ3) is 11.4. The lowest BCUT2D eigenvalue weighted by molar-refractivity contribution is 0.00631. The highest BCUT2D eigenvalue weighted by atomic mass is 32.2. The van der Waals surface area contributed by atoms with Crippen LogP contribution in [0.15, 0.2) is 41.4 Å². The van der Waals surface area contributed by atoms with Gasteiger partial charge in [-0.1, -0.05) is 0 Å². The van der Waals surface area contributed by atoms with E-state index >= 15 is 0 Å². The molecule has 10 nitrogen and oxygen atoms in total. The fourth-order valence-corrected chi connectivity index (χ4v) is 3.23. The summed E-state index contributed by atoms with van der Waals surface area (Å²) < 4.78 is 20.9. The van der Waals surface area contributed by atoms with Crippen molar-refractivity contribution in [2.24, 2.45) is 0 Å². The van der Waals surface area contributed by atoms with Crippen LogP contribution >= 0.6 is 11.8 Å². The molecule has 1 aromatic heterocycles. The molecule has 0 aliphatic heterocycles. The van der Waals surface area contributed by atoms with E-state index in [2.05, 4.69) is 27.0 Å². The number of nitrogens with one attached hydrogen (secondary N) is 3. The van der Waals surface area contributed by atoms with Crippen LogP contribution in [0.2, 0.25) is 0 Å². The number of aromatic nitrogens is 1. The number of anilines is 2. The van der Waals surface area contributed by atoms with Crippen molar-refractivity contribution in [2.75, 3.05) is 71.4 Å². The minimum atomic E-state index is -0.482. The standard InChI is InChI=1S/C24H34N4O6S/c1-18-16-21(35-3)17-27-22(18)28-20-6-4-19(5-7-20)23(29)26-8-9-31-10-11-32-12-13-33-14-15-34-24(30)25-2/h4-7,16-17H,8-15H2,1-3H3,(H,25,30)(H,26,29)(H,27,28). The van der Waals surface area contributed by atoms with E-state index in [0.717, 1.165) is 22.0 Å². The van der Waals surface area contributed by atoms with Crippen molar-refractivity contribution in [1.29, 1.82) is 0 Å². The Kier molecular flexibility index (Phi) is 13.6. The first-order valence-electron chi connectivity index (χ1n) is 11.3. The zero-order valence-corrected chi connectivity index (χ0v) is 21.2. The van der Waals surface area contributed by atoms with Gasteiger partial charge in [-0.25, -0.2) is 9.78 Å². The second-order valence-corrected chi connectivity index (χ2v) is 8.10. The number of benzene rings is 1. The molecular formula is C24H34N4O6S. The number of rotatable bonds is 16. The first-order valence-corrected chi connectivity index (χ1v) is 12.5. The SMILES string of the molecule is CNC(=O)OCCOCCOCCOCCNC(=O)c1ccc(Nc2ncc(SC)cc2C)cc1. The van der Waals surface area contributed by atoms with Gasteiger partial charge in [-0.2, -0.15) is 0 Å². The molecule has 0 saturated carbocycles. The summed E-state index contributed by atoms with van der Waals surface area (Å²) >= 11 is 1.65. The minimum absolute atomic E-state index is 0.160. The molecule has 0 unspecified atom stereocenters. The van der Waals surface area contributed by atoms with Gasteiger partial charge >= 0.3 is 6.09 Å².